The largest absolute Gasteiger partial charge is 0.497 e. The van der Waals surface area contributed by atoms with Crippen molar-refractivity contribution in [3.63, 3.8) is 0 Å². The van der Waals surface area contributed by atoms with Crippen molar-refractivity contribution in [2.75, 3.05) is 21.3 Å². The Labute approximate surface area is 189 Å². The topological polar surface area (TPSA) is 43.5 Å². The molecule has 4 nitrogen and oxygen atoms in total. The van der Waals surface area contributed by atoms with Gasteiger partial charge in [-0.1, -0.05) is 12.1 Å². The lowest BCUT2D eigenvalue weighted by Crippen LogP contribution is -2.08. The van der Waals surface area contributed by atoms with E-state index in [1.165, 1.54) is 19.2 Å². The Morgan fingerprint density at radius 2 is 1.12 bits per heavy atom. The van der Waals surface area contributed by atoms with E-state index in [9.17, 15) is 13.2 Å². The number of aromatic amines is 1. The molecule has 0 aliphatic heterocycles. The fourth-order valence-electron chi connectivity index (χ4n) is 3.69. The second kappa shape index (κ2) is 8.94. The molecule has 7 heteroatoms. The number of methoxy groups -OCH3 is 3. The molecule has 0 unspecified atom stereocenters. The van der Waals surface area contributed by atoms with E-state index >= 15 is 0 Å². The third kappa shape index (κ3) is 4.53. The zero-order valence-corrected chi connectivity index (χ0v) is 18.3. The van der Waals surface area contributed by atoms with Crippen LogP contribution in [0.25, 0.3) is 33.6 Å². The summed E-state index contributed by atoms with van der Waals surface area (Å²) in [6, 6.07) is 20.3. The van der Waals surface area contributed by atoms with Crippen LogP contribution in [0.4, 0.5) is 13.2 Å². The first-order valence-corrected chi connectivity index (χ1v) is 10.1. The van der Waals surface area contributed by atoms with Crippen LogP contribution in [0.15, 0.2) is 72.8 Å². The van der Waals surface area contributed by atoms with Gasteiger partial charge in [-0.15, -0.1) is 0 Å². The van der Waals surface area contributed by atoms with Crippen molar-refractivity contribution in [2.24, 2.45) is 0 Å². The minimum atomic E-state index is -4.56. The van der Waals surface area contributed by atoms with Gasteiger partial charge >= 0.3 is 6.18 Å². The van der Waals surface area contributed by atoms with E-state index in [1.807, 2.05) is 30.3 Å². The van der Waals surface area contributed by atoms with Gasteiger partial charge in [0.1, 0.15) is 17.2 Å². The summed E-state index contributed by atoms with van der Waals surface area (Å²) in [5, 5.41) is 0. The summed E-state index contributed by atoms with van der Waals surface area (Å²) >= 11 is 0. The lowest BCUT2D eigenvalue weighted by molar-refractivity contribution is -0.137. The quantitative estimate of drug-likeness (QED) is 0.340. The van der Waals surface area contributed by atoms with E-state index in [2.05, 4.69) is 4.98 Å². The highest BCUT2D eigenvalue weighted by atomic mass is 19.4. The van der Waals surface area contributed by atoms with Crippen molar-refractivity contribution in [3.05, 3.63) is 78.4 Å². The number of aromatic nitrogens is 1. The molecule has 0 spiro atoms. The number of halogens is 3. The number of ether oxygens (including phenoxy) is 3. The van der Waals surface area contributed by atoms with Crippen molar-refractivity contribution in [2.45, 2.75) is 6.18 Å². The first-order chi connectivity index (χ1) is 15.8. The minimum absolute atomic E-state index is 0.0360. The molecular formula is C26H22F3NO3. The number of hydrogen-bond acceptors (Lipinski definition) is 3. The molecule has 1 heterocycles. The molecule has 0 aliphatic rings. The van der Waals surface area contributed by atoms with Crippen LogP contribution in [-0.4, -0.2) is 26.3 Å². The van der Waals surface area contributed by atoms with Crippen LogP contribution in [0.5, 0.6) is 17.2 Å². The Hall–Kier alpha value is -3.87. The molecule has 0 aliphatic carbocycles. The molecule has 4 aromatic rings. The number of benzene rings is 3. The molecule has 3 aromatic carbocycles. The molecule has 4 rings (SSSR count). The van der Waals surface area contributed by atoms with Gasteiger partial charge in [-0.25, -0.2) is 0 Å². The van der Waals surface area contributed by atoms with E-state index in [4.69, 9.17) is 14.2 Å². The Morgan fingerprint density at radius 1 is 0.606 bits per heavy atom. The average Bonchev–Trinajstić information content (AvgIpc) is 3.28. The van der Waals surface area contributed by atoms with Crippen LogP contribution < -0.4 is 14.2 Å². The van der Waals surface area contributed by atoms with Gasteiger partial charge in [0.25, 0.3) is 0 Å². The van der Waals surface area contributed by atoms with Gasteiger partial charge in [0, 0.05) is 16.8 Å². The van der Waals surface area contributed by atoms with Gasteiger partial charge in [-0.3, -0.25) is 0 Å². The molecule has 33 heavy (non-hydrogen) atoms. The highest BCUT2D eigenvalue weighted by molar-refractivity contribution is 5.87. The number of H-pyrrole nitrogens is 1. The molecule has 0 amide bonds. The van der Waals surface area contributed by atoms with Crippen molar-refractivity contribution >= 4 is 0 Å². The minimum Gasteiger partial charge on any atom is -0.497 e. The van der Waals surface area contributed by atoms with Crippen molar-refractivity contribution in [3.8, 4) is 50.9 Å². The van der Waals surface area contributed by atoms with Crippen LogP contribution in [0.3, 0.4) is 0 Å². The van der Waals surface area contributed by atoms with Gasteiger partial charge in [-0.05, 0) is 71.8 Å². The summed E-state index contributed by atoms with van der Waals surface area (Å²) in [4.78, 5) is 3.22. The fourth-order valence-corrected chi connectivity index (χ4v) is 3.69. The van der Waals surface area contributed by atoms with Gasteiger partial charge in [0.05, 0.1) is 32.6 Å². The molecule has 0 fully saturated rings. The summed E-state index contributed by atoms with van der Waals surface area (Å²) in [6.45, 7) is 0. The van der Waals surface area contributed by atoms with Gasteiger partial charge < -0.3 is 19.2 Å². The first-order valence-electron chi connectivity index (χ1n) is 10.1. The van der Waals surface area contributed by atoms with E-state index in [0.29, 0.717) is 28.5 Å². The van der Waals surface area contributed by atoms with Crippen LogP contribution in [0, 0.1) is 0 Å². The average molecular weight is 453 g/mol. The van der Waals surface area contributed by atoms with E-state index < -0.39 is 11.7 Å². The van der Waals surface area contributed by atoms with Gasteiger partial charge in [-0.2, -0.15) is 13.2 Å². The third-order valence-electron chi connectivity index (χ3n) is 5.42. The van der Waals surface area contributed by atoms with Gasteiger partial charge in [0.2, 0.25) is 0 Å². The number of alkyl halides is 3. The van der Waals surface area contributed by atoms with Crippen LogP contribution in [0.2, 0.25) is 0 Å². The van der Waals surface area contributed by atoms with E-state index in [0.717, 1.165) is 17.2 Å². The molecule has 170 valence electrons. The zero-order chi connectivity index (χ0) is 23.6. The predicted molar refractivity (Wildman–Crippen MR) is 122 cm³/mol. The molecular weight excluding hydrogens is 431 g/mol. The molecule has 1 aromatic heterocycles. The Balaban J connectivity index is 1.93. The summed E-state index contributed by atoms with van der Waals surface area (Å²) in [6.07, 6.45) is -4.56. The van der Waals surface area contributed by atoms with Crippen LogP contribution in [-0.2, 0) is 6.18 Å². The maximum Gasteiger partial charge on any atom is 0.417 e. The fraction of sp³-hybridized carbons (Fsp3) is 0.154. The van der Waals surface area contributed by atoms with E-state index in [1.54, 1.807) is 38.5 Å². The maximum absolute atomic E-state index is 14.0. The molecule has 0 bridgehead atoms. The van der Waals surface area contributed by atoms with Crippen molar-refractivity contribution < 1.29 is 27.4 Å². The highest BCUT2D eigenvalue weighted by Gasteiger charge is 2.35. The number of rotatable bonds is 6. The van der Waals surface area contributed by atoms with Crippen molar-refractivity contribution in [1.82, 2.24) is 4.98 Å². The Bertz CT molecular complexity index is 1240. The number of hydrogen-bond donors (Lipinski definition) is 1. The summed E-state index contributed by atoms with van der Waals surface area (Å²) < 4.78 is 57.5. The Morgan fingerprint density at radius 3 is 1.64 bits per heavy atom. The normalized spacial score (nSPS) is 11.3. The summed E-state index contributed by atoms with van der Waals surface area (Å²) in [5.74, 6) is 1.49. The third-order valence-corrected chi connectivity index (χ3v) is 5.42. The summed E-state index contributed by atoms with van der Waals surface area (Å²) in [5.41, 5.74) is 2.51. The second-order valence-corrected chi connectivity index (χ2v) is 7.34. The lowest BCUT2D eigenvalue weighted by Gasteiger charge is -2.15. The highest BCUT2D eigenvalue weighted by Crippen LogP contribution is 2.43. The zero-order valence-electron chi connectivity index (χ0n) is 18.3. The smallest absolute Gasteiger partial charge is 0.417 e. The summed E-state index contributed by atoms with van der Waals surface area (Å²) in [7, 11) is 4.48. The monoisotopic (exact) mass is 453 g/mol. The molecule has 0 radical (unpaired) electrons. The van der Waals surface area contributed by atoms with Crippen LogP contribution >= 0.6 is 0 Å². The Kier molecular flexibility index (Phi) is 6.05. The van der Waals surface area contributed by atoms with Crippen molar-refractivity contribution in [1.29, 1.82) is 0 Å². The molecule has 0 saturated heterocycles. The van der Waals surface area contributed by atoms with E-state index in [-0.39, 0.29) is 11.3 Å². The predicted octanol–water partition coefficient (Wildman–Crippen LogP) is 7.06. The lowest BCUT2D eigenvalue weighted by atomic mass is 9.97. The SMILES string of the molecule is COc1ccc(-c2cc(-c3ccc(OC)cc3)c(-c3ccc(OC)cc3C(F)(F)F)[nH]2)cc1. The molecule has 1 N–H and O–H groups in total. The second-order valence-electron chi connectivity index (χ2n) is 7.34. The maximum atomic E-state index is 14.0. The standard InChI is InChI=1S/C26H22F3NO3/c1-31-18-8-4-16(5-9-18)22-15-24(17-6-10-19(32-2)11-7-17)30-25(22)21-13-12-20(33-3)14-23(21)26(27,28)29/h4-15,30H,1-3H3. The molecule has 0 atom stereocenters. The number of nitrogens with one attached hydrogen (secondary N) is 1. The van der Waals surface area contributed by atoms with Gasteiger partial charge in [0.15, 0.2) is 0 Å². The first kappa shape index (κ1) is 22.3. The molecule has 0 saturated carbocycles. The van der Waals surface area contributed by atoms with Crippen LogP contribution in [0.1, 0.15) is 5.56 Å².